The number of pyridine rings is 1. The van der Waals surface area contributed by atoms with E-state index in [0.717, 1.165) is 25.4 Å². The molecule has 18 heavy (non-hydrogen) atoms. The lowest BCUT2D eigenvalue weighted by molar-refractivity contribution is 0.0350. The molecule has 0 aliphatic carbocycles. The standard InChI is InChI=1S/C14H23N3O/c1-14(2,3)17-8-7-16-9-12(17)11-18-13-5-4-6-15-10-13/h4-6,10,12,16H,7-9,11H2,1-3H3. The number of aromatic nitrogens is 1. The molecule has 1 aromatic heterocycles. The molecule has 0 radical (unpaired) electrons. The van der Waals surface area contributed by atoms with Crippen molar-refractivity contribution in [3.05, 3.63) is 24.5 Å². The first-order valence-corrected chi connectivity index (χ1v) is 6.57. The van der Waals surface area contributed by atoms with Crippen LogP contribution in [0.4, 0.5) is 0 Å². The minimum absolute atomic E-state index is 0.186. The number of nitrogens with zero attached hydrogens (tertiary/aromatic N) is 2. The molecule has 0 bridgehead atoms. The normalized spacial score (nSPS) is 21.8. The summed E-state index contributed by atoms with van der Waals surface area (Å²) < 4.78 is 5.83. The molecule has 4 heteroatoms. The lowest BCUT2D eigenvalue weighted by Crippen LogP contribution is -2.60. The average Bonchev–Trinajstić information content (AvgIpc) is 2.37. The first-order valence-electron chi connectivity index (χ1n) is 6.57. The minimum atomic E-state index is 0.186. The van der Waals surface area contributed by atoms with E-state index in [2.05, 4.69) is 36.0 Å². The fourth-order valence-corrected chi connectivity index (χ4v) is 2.42. The number of piperazine rings is 1. The predicted molar refractivity (Wildman–Crippen MR) is 72.8 cm³/mol. The van der Waals surface area contributed by atoms with Gasteiger partial charge in [0.1, 0.15) is 12.4 Å². The molecule has 0 saturated carbocycles. The molecular weight excluding hydrogens is 226 g/mol. The molecule has 1 unspecified atom stereocenters. The van der Waals surface area contributed by atoms with Crippen molar-refractivity contribution in [3.63, 3.8) is 0 Å². The number of hydrogen-bond donors (Lipinski definition) is 1. The van der Waals surface area contributed by atoms with E-state index in [1.165, 1.54) is 0 Å². The Balaban J connectivity index is 1.94. The van der Waals surface area contributed by atoms with Gasteiger partial charge in [-0.3, -0.25) is 9.88 Å². The maximum atomic E-state index is 5.83. The molecule has 1 atom stereocenters. The van der Waals surface area contributed by atoms with Crippen molar-refractivity contribution in [1.82, 2.24) is 15.2 Å². The number of ether oxygens (including phenoxy) is 1. The van der Waals surface area contributed by atoms with Gasteiger partial charge in [0.2, 0.25) is 0 Å². The van der Waals surface area contributed by atoms with Gasteiger partial charge in [-0.2, -0.15) is 0 Å². The highest BCUT2D eigenvalue weighted by atomic mass is 16.5. The number of nitrogens with one attached hydrogen (secondary N) is 1. The van der Waals surface area contributed by atoms with Crippen molar-refractivity contribution in [3.8, 4) is 5.75 Å². The van der Waals surface area contributed by atoms with Crippen LogP contribution in [0, 0.1) is 0 Å². The maximum absolute atomic E-state index is 5.83. The second-order valence-electron chi connectivity index (χ2n) is 5.72. The van der Waals surface area contributed by atoms with E-state index in [1.807, 2.05) is 12.1 Å². The maximum Gasteiger partial charge on any atom is 0.137 e. The second-order valence-corrected chi connectivity index (χ2v) is 5.72. The van der Waals surface area contributed by atoms with Crippen molar-refractivity contribution < 1.29 is 4.74 Å². The fraction of sp³-hybridized carbons (Fsp3) is 0.643. The van der Waals surface area contributed by atoms with Crippen LogP contribution in [0.5, 0.6) is 5.75 Å². The number of rotatable bonds is 3. The van der Waals surface area contributed by atoms with Gasteiger partial charge in [-0.1, -0.05) is 0 Å². The quantitative estimate of drug-likeness (QED) is 0.881. The van der Waals surface area contributed by atoms with Crippen LogP contribution in [0.2, 0.25) is 0 Å². The van der Waals surface area contributed by atoms with Crippen molar-refractivity contribution in [2.45, 2.75) is 32.4 Å². The van der Waals surface area contributed by atoms with Crippen LogP contribution >= 0.6 is 0 Å². The first-order chi connectivity index (χ1) is 8.57. The van der Waals surface area contributed by atoms with Gasteiger partial charge < -0.3 is 10.1 Å². The molecule has 100 valence electrons. The zero-order valence-corrected chi connectivity index (χ0v) is 11.5. The van der Waals surface area contributed by atoms with Crippen molar-refractivity contribution in [2.75, 3.05) is 26.2 Å². The molecule has 1 aromatic rings. The molecule has 1 N–H and O–H groups in total. The van der Waals surface area contributed by atoms with Crippen LogP contribution < -0.4 is 10.1 Å². The third-order valence-electron chi connectivity index (χ3n) is 3.29. The molecular formula is C14H23N3O. The molecule has 0 aromatic carbocycles. The highest BCUT2D eigenvalue weighted by molar-refractivity contribution is 5.15. The summed E-state index contributed by atoms with van der Waals surface area (Å²) in [6, 6.07) is 4.26. The van der Waals surface area contributed by atoms with Gasteiger partial charge in [0.15, 0.2) is 0 Å². The SMILES string of the molecule is CC(C)(C)N1CCNCC1COc1cccnc1. The Morgan fingerprint density at radius 2 is 2.33 bits per heavy atom. The lowest BCUT2D eigenvalue weighted by Gasteiger charge is -2.44. The molecule has 1 aliphatic rings. The molecule has 1 saturated heterocycles. The van der Waals surface area contributed by atoms with Crippen LogP contribution in [0.1, 0.15) is 20.8 Å². The first kappa shape index (κ1) is 13.3. The Kier molecular flexibility index (Phi) is 4.19. The van der Waals surface area contributed by atoms with E-state index in [9.17, 15) is 0 Å². The minimum Gasteiger partial charge on any atom is -0.490 e. The summed E-state index contributed by atoms with van der Waals surface area (Å²) in [6.45, 7) is 10.6. The number of hydrogen-bond acceptors (Lipinski definition) is 4. The van der Waals surface area contributed by atoms with Gasteiger partial charge in [-0.25, -0.2) is 0 Å². The Hall–Kier alpha value is -1.13. The van der Waals surface area contributed by atoms with Gasteiger partial charge in [-0.15, -0.1) is 0 Å². The molecule has 1 fully saturated rings. The molecule has 4 nitrogen and oxygen atoms in total. The monoisotopic (exact) mass is 249 g/mol. The van der Waals surface area contributed by atoms with Gasteiger partial charge in [0.05, 0.1) is 12.2 Å². The Labute approximate surface area is 109 Å². The lowest BCUT2D eigenvalue weighted by atomic mass is 10.0. The highest BCUT2D eigenvalue weighted by Gasteiger charge is 2.31. The van der Waals surface area contributed by atoms with E-state index in [4.69, 9.17) is 4.74 Å². The van der Waals surface area contributed by atoms with Crippen molar-refractivity contribution in [1.29, 1.82) is 0 Å². The van der Waals surface area contributed by atoms with Crippen molar-refractivity contribution in [2.24, 2.45) is 0 Å². The molecule has 0 spiro atoms. The summed E-state index contributed by atoms with van der Waals surface area (Å²) >= 11 is 0. The van der Waals surface area contributed by atoms with Crippen LogP contribution in [0.3, 0.4) is 0 Å². The largest absolute Gasteiger partial charge is 0.490 e. The summed E-state index contributed by atoms with van der Waals surface area (Å²) in [7, 11) is 0. The molecule has 0 amide bonds. The summed E-state index contributed by atoms with van der Waals surface area (Å²) in [5.41, 5.74) is 0.186. The van der Waals surface area contributed by atoms with Crippen molar-refractivity contribution >= 4 is 0 Å². The van der Waals surface area contributed by atoms with Gasteiger partial charge >= 0.3 is 0 Å². The Bertz CT molecular complexity index is 361. The Morgan fingerprint density at radius 3 is 3.00 bits per heavy atom. The van der Waals surface area contributed by atoms with E-state index >= 15 is 0 Å². The molecule has 2 rings (SSSR count). The average molecular weight is 249 g/mol. The summed E-state index contributed by atoms with van der Waals surface area (Å²) in [6.07, 6.45) is 3.52. The summed E-state index contributed by atoms with van der Waals surface area (Å²) in [5.74, 6) is 0.844. The summed E-state index contributed by atoms with van der Waals surface area (Å²) in [4.78, 5) is 6.58. The van der Waals surface area contributed by atoms with Crippen LogP contribution in [0.25, 0.3) is 0 Å². The third-order valence-corrected chi connectivity index (χ3v) is 3.29. The third kappa shape index (κ3) is 3.43. The Morgan fingerprint density at radius 1 is 1.50 bits per heavy atom. The topological polar surface area (TPSA) is 37.4 Å². The van der Waals surface area contributed by atoms with E-state index < -0.39 is 0 Å². The zero-order valence-electron chi connectivity index (χ0n) is 11.5. The highest BCUT2D eigenvalue weighted by Crippen LogP contribution is 2.19. The molecule has 1 aliphatic heterocycles. The zero-order chi connectivity index (χ0) is 13.0. The van der Waals surface area contributed by atoms with Gasteiger partial charge in [0.25, 0.3) is 0 Å². The molecule has 2 heterocycles. The van der Waals surface area contributed by atoms with E-state index in [-0.39, 0.29) is 5.54 Å². The second kappa shape index (κ2) is 5.67. The summed E-state index contributed by atoms with van der Waals surface area (Å²) in [5, 5.41) is 3.44. The van der Waals surface area contributed by atoms with Crippen LogP contribution in [0.15, 0.2) is 24.5 Å². The van der Waals surface area contributed by atoms with Gasteiger partial charge in [-0.05, 0) is 32.9 Å². The fourth-order valence-electron chi connectivity index (χ4n) is 2.42. The predicted octanol–water partition coefficient (Wildman–Crippen LogP) is 1.53. The van der Waals surface area contributed by atoms with E-state index in [1.54, 1.807) is 12.4 Å². The van der Waals surface area contributed by atoms with Gasteiger partial charge in [0, 0.05) is 31.4 Å². The smallest absolute Gasteiger partial charge is 0.137 e. The van der Waals surface area contributed by atoms with Crippen LogP contribution in [-0.4, -0.2) is 47.7 Å². The van der Waals surface area contributed by atoms with Crippen LogP contribution in [-0.2, 0) is 0 Å². The van der Waals surface area contributed by atoms with E-state index in [0.29, 0.717) is 12.6 Å².